The molecule has 0 amide bonds. The van der Waals surface area contributed by atoms with Gasteiger partial charge in [0.05, 0.1) is 12.1 Å². The molecule has 2 rings (SSSR count). The maximum atomic E-state index is 5.54. The van der Waals surface area contributed by atoms with E-state index in [-0.39, 0.29) is 12.1 Å². The molecule has 0 bridgehead atoms. The Morgan fingerprint density at radius 1 is 1.21 bits per heavy atom. The van der Waals surface area contributed by atoms with Gasteiger partial charge in [0.2, 0.25) is 5.88 Å². The highest BCUT2D eigenvalue weighted by Crippen LogP contribution is 2.19. The van der Waals surface area contributed by atoms with Crippen LogP contribution in [0, 0.1) is 0 Å². The molecule has 2 aromatic rings. The van der Waals surface area contributed by atoms with Crippen LogP contribution in [0.15, 0.2) is 36.9 Å². The van der Waals surface area contributed by atoms with E-state index in [1.54, 1.807) is 12.3 Å². The standard InChI is InChI=1S/C14H18N4O/c1-10(2)19-14-7-13(16-9-17-14)18-11(3)12-5-4-6-15-8-12/h4-11H,1-3H3,(H,16,17,18). The lowest BCUT2D eigenvalue weighted by atomic mass is 10.1. The summed E-state index contributed by atoms with van der Waals surface area (Å²) in [6, 6.07) is 5.86. The average molecular weight is 258 g/mol. The fourth-order valence-electron chi connectivity index (χ4n) is 1.66. The fourth-order valence-corrected chi connectivity index (χ4v) is 1.66. The van der Waals surface area contributed by atoms with Crippen molar-refractivity contribution in [3.8, 4) is 5.88 Å². The molecule has 100 valence electrons. The molecule has 2 heterocycles. The molecule has 19 heavy (non-hydrogen) atoms. The van der Waals surface area contributed by atoms with Crippen LogP contribution in [0.5, 0.6) is 5.88 Å². The molecule has 0 saturated carbocycles. The third kappa shape index (κ3) is 3.91. The average Bonchev–Trinajstić information content (AvgIpc) is 2.39. The van der Waals surface area contributed by atoms with E-state index in [9.17, 15) is 0 Å². The Morgan fingerprint density at radius 3 is 2.74 bits per heavy atom. The number of pyridine rings is 1. The first kappa shape index (κ1) is 13.3. The summed E-state index contributed by atoms with van der Waals surface area (Å²) in [4.78, 5) is 12.4. The number of aromatic nitrogens is 3. The van der Waals surface area contributed by atoms with Crippen molar-refractivity contribution in [1.82, 2.24) is 15.0 Å². The van der Waals surface area contributed by atoms with Crippen molar-refractivity contribution in [3.05, 3.63) is 42.5 Å². The van der Waals surface area contributed by atoms with Gasteiger partial charge in [0.1, 0.15) is 12.1 Å². The highest BCUT2D eigenvalue weighted by Gasteiger charge is 2.07. The summed E-state index contributed by atoms with van der Waals surface area (Å²) in [5, 5.41) is 3.30. The highest BCUT2D eigenvalue weighted by molar-refractivity contribution is 5.39. The second kappa shape index (κ2) is 6.13. The maximum Gasteiger partial charge on any atom is 0.218 e. The van der Waals surface area contributed by atoms with E-state index in [1.807, 2.05) is 32.2 Å². The largest absolute Gasteiger partial charge is 0.475 e. The molecule has 1 N–H and O–H groups in total. The van der Waals surface area contributed by atoms with Gasteiger partial charge in [-0.25, -0.2) is 9.97 Å². The molecule has 5 heteroatoms. The quantitative estimate of drug-likeness (QED) is 0.893. The lowest BCUT2D eigenvalue weighted by Crippen LogP contribution is -2.10. The summed E-state index contributed by atoms with van der Waals surface area (Å²) in [7, 11) is 0. The molecule has 0 aliphatic carbocycles. The Hall–Kier alpha value is -2.17. The number of rotatable bonds is 5. The monoisotopic (exact) mass is 258 g/mol. The minimum Gasteiger partial charge on any atom is -0.475 e. The maximum absolute atomic E-state index is 5.54. The van der Waals surface area contributed by atoms with Crippen LogP contribution in [0.3, 0.4) is 0 Å². The zero-order valence-corrected chi connectivity index (χ0v) is 11.4. The first-order valence-electron chi connectivity index (χ1n) is 6.30. The normalized spacial score (nSPS) is 12.2. The van der Waals surface area contributed by atoms with Crippen LogP contribution in [-0.2, 0) is 0 Å². The summed E-state index contributed by atoms with van der Waals surface area (Å²) < 4.78 is 5.54. The van der Waals surface area contributed by atoms with Crippen molar-refractivity contribution >= 4 is 5.82 Å². The van der Waals surface area contributed by atoms with E-state index in [1.165, 1.54) is 6.33 Å². The molecule has 0 saturated heterocycles. The molecule has 2 aromatic heterocycles. The van der Waals surface area contributed by atoms with E-state index >= 15 is 0 Å². The zero-order chi connectivity index (χ0) is 13.7. The summed E-state index contributed by atoms with van der Waals surface area (Å²) in [5.41, 5.74) is 1.10. The Morgan fingerprint density at radius 2 is 2.05 bits per heavy atom. The second-order valence-corrected chi connectivity index (χ2v) is 4.56. The van der Waals surface area contributed by atoms with Crippen molar-refractivity contribution < 1.29 is 4.74 Å². The van der Waals surface area contributed by atoms with Crippen LogP contribution in [0.1, 0.15) is 32.4 Å². The van der Waals surface area contributed by atoms with Crippen molar-refractivity contribution in [2.45, 2.75) is 32.9 Å². The predicted molar refractivity (Wildman–Crippen MR) is 74.1 cm³/mol. The molecule has 1 unspecified atom stereocenters. The molecule has 0 fully saturated rings. The molecule has 0 radical (unpaired) electrons. The molecule has 0 spiro atoms. The minimum absolute atomic E-state index is 0.0958. The van der Waals surface area contributed by atoms with E-state index in [4.69, 9.17) is 4.74 Å². The third-order valence-electron chi connectivity index (χ3n) is 2.55. The highest BCUT2D eigenvalue weighted by atomic mass is 16.5. The Bertz CT molecular complexity index is 516. The summed E-state index contributed by atoms with van der Waals surface area (Å²) >= 11 is 0. The summed E-state index contributed by atoms with van der Waals surface area (Å²) in [6.07, 6.45) is 5.19. The Labute approximate surface area is 113 Å². The molecule has 1 atom stereocenters. The second-order valence-electron chi connectivity index (χ2n) is 4.56. The van der Waals surface area contributed by atoms with Crippen molar-refractivity contribution in [3.63, 3.8) is 0 Å². The van der Waals surface area contributed by atoms with E-state index in [0.717, 1.165) is 11.4 Å². The minimum atomic E-state index is 0.0958. The lowest BCUT2D eigenvalue weighted by Gasteiger charge is -2.15. The number of nitrogens with one attached hydrogen (secondary N) is 1. The Kier molecular flexibility index (Phi) is 4.28. The van der Waals surface area contributed by atoms with Crippen LogP contribution in [0.4, 0.5) is 5.82 Å². The van der Waals surface area contributed by atoms with Gasteiger partial charge in [-0.2, -0.15) is 0 Å². The number of ether oxygens (including phenoxy) is 1. The number of hydrogen-bond acceptors (Lipinski definition) is 5. The summed E-state index contributed by atoms with van der Waals surface area (Å²) in [5.74, 6) is 1.31. The van der Waals surface area contributed by atoms with Crippen LogP contribution in [-0.4, -0.2) is 21.1 Å². The third-order valence-corrected chi connectivity index (χ3v) is 2.55. The topological polar surface area (TPSA) is 59.9 Å². The zero-order valence-electron chi connectivity index (χ0n) is 11.4. The van der Waals surface area contributed by atoms with Gasteiger partial charge >= 0.3 is 0 Å². The first-order chi connectivity index (χ1) is 9.15. The van der Waals surface area contributed by atoms with Crippen molar-refractivity contribution in [1.29, 1.82) is 0 Å². The smallest absolute Gasteiger partial charge is 0.218 e. The van der Waals surface area contributed by atoms with Gasteiger partial charge in [-0.15, -0.1) is 0 Å². The van der Waals surface area contributed by atoms with Gasteiger partial charge in [-0.05, 0) is 32.4 Å². The first-order valence-corrected chi connectivity index (χ1v) is 6.30. The molecule has 0 aliphatic heterocycles. The lowest BCUT2D eigenvalue weighted by molar-refractivity contribution is 0.232. The van der Waals surface area contributed by atoms with Gasteiger partial charge in [-0.1, -0.05) is 6.07 Å². The van der Waals surface area contributed by atoms with Crippen molar-refractivity contribution in [2.75, 3.05) is 5.32 Å². The number of hydrogen-bond donors (Lipinski definition) is 1. The van der Waals surface area contributed by atoms with Crippen molar-refractivity contribution in [2.24, 2.45) is 0 Å². The van der Waals surface area contributed by atoms with Gasteiger partial charge in [-0.3, -0.25) is 4.98 Å². The van der Waals surface area contributed by atoms with E-state index in [0.29, 0.717) is 5.88 Å². The SMILES string of the molecule is CC(C)Oc1cc(NC(C)c2cccnc2)ncn1. The van der Waals surface area contributed by atoms with Crippen LogP contribution in [0.25, 0.3) is 0 Å². The summed E-state index contributed by atoms with van der Waals surface area (Å²) in [6.45, 7) is 5.99. The molecule has 0 aromatic carbocycles. The van der Waals surface area contributed by atoms with Crippen LogP contribution < -0.4 is 10.1 Å². The van der Waals surface area contributed by atoms with Gasteiger partial charge in [0, 0.05) is 18.5 Å². The van der Waals surface area contributed by atoms with E-state index in [2.05, 4.69) is 27.2 Å². The van der Waals surface area contributed by atoms with Crippen LogP contribution in [0.2, 0.25) is 0 Å². The number of nitrogens with zero attached hydrogens (tertiary/aromatic N) is 3. The molecular weight excluding hydrogens is 240 g/mol. The van der Waals surface area contributed by atoms with Gasteiger partial charge in [0.25, 0.3) is 0 Å². The predicted octanol–water partition coefficient (Wildman–Crippen LogP) is 2.83. The van der Waals surface area contributed by atoms with Gasteiger partial charge < -0.3 is 10.1 Å². The molecule has 0 aliphatic rings. The van der Waals surface area contributed by atoms with E-state index < -0.39 is 0 Å². The van der Waals surface area contributed by atoms with Gasteiger partial charge in [0.15, 0.2) is 0 Å². The Balaban J connectivity index is 2.06. The van der Waals surface area contributed by atoms with Crippen LogP contribution >= 0.6 is 0 Å². The fraction of sp³-hybridized carbons (Fsp3) is 0.357. The molecular formula is C14H18N4O. The number of anilines is 1. The molecule has 5 nitrogen and oxygen atoms in total.